The van der Waals surface area contributed by atoms with Crippen molar-refractivity contribution in [2.45, 2.75) is 25.3 Å². The lowest BCUT2D eigenvalue weighted by atomic mass is 9.96. The maximum Gasteiger partial charge on any atom is 0.227 e. The Balaban J connectivity index is 2.36. The highest BCUT2D eigenvalue weighted by atomic mass is 16.3. The number of nitrogens with zero attached hydrogens (tertiary/aromatic N) is 1. The summed E-state index contributed by atoms with van der Waals surface area (Å²) in [6.45, 7) is 0.107. The highest BCUT2D eigenvalue weighted by Gasteiger charge is 2.29. The van der Waals surface area contributed by atoms with Gasteiger partial charge in [-0.2, -0.15) is 0 Å². The fourth-order valence-corrected chi connectivity index (χ4v) is 2.51. The highest BCUT2D eigenvalue weighted by Crippen LogP contribution is 2.30. The Labute approximate surface area is 112 Å². The van der Waals surface area contributed by atoms with Crippen molar-refractivity contribution in [1.29, 1.82) is 0 Å². The van der Waals surface area contributed by atoms with Crippen LogP contribution in [0.2, 0.25) is 0 Å². The molecule has 19 heavy (non-hydrogen) atoms. The molecule has 0 atom stereocenters. The molecule has 1 aromatic rings. The van der Waals surface area contributed by atoms with E-state index in [1.807, 2.05) is 12.1 Å². The third kappa shape index (κ3) is 2.78. The van der Waals surface area contributed by atoms with E-state index in [1.165, 1.54) is 4.90 Å². The summed E-state index contributed by atoms with van der Waals surface area (Å²) in [5, 5.41) is 18.6. The number of aliphatic hydroxyl groups excluding tert-OH is 2. The second-order valence-electron chi connectivity index (χ2n) is 4.78. The molecule has 4 N–H and O–H groups in total. The smallest absolute Gasteiger partial charge is 0.227 e. The molecule has 1 aliphatic heterocycles. The monoisotopic (exact) mass is 264 g/mol. The number of hydrogen-bond donors (Lipinski definition) is 3. The number of carbonyl (C=O) groups excluding carboxylic acids is 1. The van der Waals surface area contributed by atoms with Gasteiger partial charge in [-0.3, -0.25) is 4.79 Å². The summed E-state index contributed by atoms with van der Waals surface area (Å²) >= 11 is 0. The fraction of sp³-hybridized carbons (Fsp3) is 0.500. The number of fused-ring (bicyclic) bond motifs is 1. The number of anilines is 1. The molecule has 0 saturated carbocycles. The van der Waals surface area contributed by atoms with Crippen LogP contribution in [0.25, 0.3) is 0 Å². The van der Waals surface area contributed by atoms with Gasteiger partial charge in [0.25, 0.3) is 0 Å². The SMILES string of the molecule is NCCc1ccc2c(c1)CCC(=O)N2C(CO)CO. The molecular weight excluding hydrogens is 244 g/mol. The van der Waals surface area contributed by atoms with E-state index in [9.17, 15) is 15.0 Å². The van der Waals surface area contributed by atoms with E-state index in [-0.39, 0.29) is 19.1 Å². The van der Waals surface area contributed by atoms with Crippen LogP contribution in [0.15, 0.2) is 18.2 Å². The van der Waals surface area contributed by atoms with Gasteiger partial charge in [-0.05, 0) is 36.6 Å². The lowest BCUT2D eigenvalue weighted by Gasteiger charge is -2.34. The van der Waals surface area contributed by atoms with E-state index in [4.69, 9.17) is 5.73 Å². The van der Waals surface area contributed by atoms with E-state index in [0.717, 1.165) is 23.2 Å². The third-order valence-electron chi connectivity index (χ3n) is 3.50. The molecule has 0 unspecified atom stereocenters. The Hall–Kier alpha value is -1.43. The van der Waals surface area contributed by atoms with E-state index in [2.05, 4.69) is 6.07 Å². The van der Waals surface area contributed by atoms with Crippen LogP contribution in [0, 0.1) is 0 Å². The minimum Gasteiger partial charge on any atom is -0.394 e. The highest BCUT2D eigenvalue weighted by molar-refractivity contribution is 5.97. The first-order chi connectivity index (χ1) is 9.21. The lowest BCUT2D eigenvalue weighted by Crippen LogP contribution is -2.47. The second-order valence-corrected chi connectivity index (χ2v) is 4.78. The molecule has 0 aliphatic carbocycles. The van der Waals surface area contributed by atoms with Crippen LogP contribution in [-0.4, -0.2) is 41.9 Å². The van der Waals surface area contributed by atoms with Gasteiger partial charge in [0.1, 0.15) is 0 Å². The summed E-state index contributed by atoms with van der Waals surface area (Å²) in [5.41, 5.74) is 8.58. The number of aliphatic hydroxyl groups is 2. The van der Waals surface area contributed by atoms with E-state index in [1.54, 1.807) is 0 Å². The fourth-order valence-electron chi connectivity index (χ4n) is 2.51. The molecule has 1 aromatic carbocycles. The zero-order valence-corrected chi connectivity index (χ0v) is 10.9. The van der Waals surface area contributed by atoms with Crippen molar-refractivity contribution in [3.05, 3.63) is 29.3 Å². The van der Waals surface area contributed by atoms with Crippen molar-refractivity contribution >= 4 is 11.6 Å². The molecule has 0 aromatic heterocycles. The standard InChI is InChI=1S/C14H20N2O3/c15-6-5-10-1-3-13-11(7-10)2-4-14(19)16(13)12(8-17)9-18/h1,3,7,12,17-18H,2,4-6,8-9,15H2. The molecule has 1 aliphatic rings. The van der Waals surface area contributed by atoms with E-state index < -0.39 is 6.04 Å². The van der Waals surface area contributed by atoms with Crippen LogP contribution in [0.4, 0.5) is 5.69 Å². The number of hydrogen-bond acceptors (Lipinski definition) is 4. The van der Waals surface area contributed by atoms with Crippen LogP contribution in [-0.2, 0) is 17.6 Å². The Morgan fingerprint density at radius 3 is 2.63 bits per heavy atom. The summed E-state index contributed by atoms with van der Waals surface area (Å²) in [7, 11) is 0. The summed E-state index contributed by atoms with van der Waals surface area (Å²) in [6, 6.07) is 5.33. The minimum absolute atomic E-state index is 0.0489. The van der Waals surface area contributed by atoms with Crippen molar-refractivity contribution in [2.75, 3.05) is 24.7 Å². The second kappa shape index (κ2) is 6.14. The van der Waals surface area contributed by atoms with Crippen LogP contribution < -0.4 is 10.6 Å². The summed E-state index contributed by atoms with van der Waals surface area (Å²) in [5.74, 6) is -0.0489. The quantitative estimate of drug-likeness (QED) is 0.688. The molecule has 0 saturated heterocycles. The molecule has 1 heterocycles. The number of carbonyl (C=O) groups is 1. The molecule has 1 amide bonds. The van der Waals surface area contributed by atoms with Crippen molar-refractivity contribution in [3.8, 4) is 0 Å². The zero-order chi connectivity index (χ0) is 13.8. The van der Waals surface area contributed by atoms with Crippen molar-refractivity contribution < 1.29 is 15.0 Å². The number of nitrogens with two attached hydrogens (primary N) is 1. The summed E-state index contributed by atoms with van der Waals surface area (Å²) < 4.78 is 0. The first-order valence-electron chi connectivity index (χ1n) is 6.57. The maximum atomic E-state index is 12.0. The van der Waals surface area contributed by atoms with Crippen LogP contribution in [0.1, 0.15) is 17.5 Å². The van der Waals surface area contributed by atoms with Crippen molar-refractivity contribution in [2.24, 2.45) is 5.73 Å². The topological polar surface area (TPSA) is 86.8 Å². The molecule has 104 valence electrons. The van der Waals surface area contributed by atoms with E-state index >= 15 is 0 Å². The lowest BCUT2D eigenvalue weighted by molar-refractivity contribution is -0.119. The molecule has 0 radical (unpaired) electrons. The molecule has 5 heteroatoms. The predicted molar refractivity (Wildman–Crippen MR) is 73.0 cm³/mol. The van der Waals surface area contributed by atoms with Gasteiger partial charge in [0.15, 0.2) is 0 Å². The summed E-state index contributed by atoms with van der Waals surface area (Å²) in [4.78, 5) is 13.5. The molecule has 2 rings (SSSR count). The molecular formula is C14H20N2O3. The molecule has 0 bridgehead atoms. The maximum absolute atomic E-state index is 12.0. The van der Waals surface area contributed by atoms with Crippen LogP contribution in [0.3, 0.4) is 0 Å². The third-order valence-corrected chi connectivity index (χ3v) is 3.50. The van der Waals surface area contributed by atoms with Gasteiger partial charge in [0, 0.05) is 12.1 Å². The minimum atomic E-state index is -0.563. The predicted octanol–water partition coefficient (Wildman–Crippen LogP) is -0.180. The average Bonchev–Trinajstić information content (AvgIpc) is 2.43. The molecule has 5 nitrogen and oxygen atoms in total. The Bertz CT molecular complexity index is 458. The van der Waals surface area contributed by atoms with Gasteiger partial charge >= 0.3 is 0 Å². The average molecular weight is 264 g/mol. The van der Waals surface area contributed by atoms with E-state index in [0.29, 0.717) is 19.4 Å². The summed E-state index contributed by atoms with van der Waals surface area (Å²) in [6.07, 6.45) is 1.92. The largest absolute Gasteiger partial charge is 0.394 e. The van der Waals surface area contributed by atoms with Gasteiger partial charge in [-0.25, -0.2) is 0 Å². The Morgan fingerprint density at radius 1 is 1.26 bits per heavy atom. The number of amides is 1. The van der Waals surface area contributed by atoms with Crippen molar-refractivity contribution in [1.82, 2.24) is 0 Å². The first-order valence-corrected chi connectivity index (χ1v) is 6.57. The van der Waals surface area contributed by atoms with Gasteiger partial charge in [0.2, 0.25) is 5.91 Å². The number of rotatable bonds is 5. The zero-order valence-electron chi connectivity index (χ0n) is 10.9. The van der Waals surface area contributed by atoms with Crippen LogP contribution in [0.5, 0.6) is 0 Å². The first kappa shape index (κ1) is 14.0. The van der Waals surface area contributed by atoms with Gasteiger partial charge in [-0.15, -0.1) is 0 Å². The normalized spacial score (nSPS) is 14.9. The van der Waals surface area contributed by atoms with Gasteiger partial charge in [0.05, 0.1) is 19.3 Å². The number of benzene rings is 1. The van der Waals surface area contributed by atoms with Gasteiger partial charge < -0.3 is 20.8 Å². The Morgan fingerprint density at radius 2 is 2.00 bits per heavy atom. The van der Waals surface area contributed by atoms with Gasteiger partial charge in [-0.1, -0.05) is 12.1 Å². The Kier molecular flexibility index (Phi) is 4.52. The van der Waals surface area contributed by atoms with Crippen molar-refractivity contribution in [3.63, 3.8) is 0 Å². The molecule has 0 spiro atoms. The number of aryl methyl sites for hydroxylation is 1. The van der Waals surface area contributed by atoms with Crippen LogP contribution >= 0.6 is 0 Å². The molecule has 0 fully saturated rings.